The van der Waals surface area contributed by atoms with Gasteiger partial charge >= 0.3 is 23.2 Å². The third-order valence-electron chi connectivity index (χ3n) is 0. The van der Waals surface area contributed by atoms with E-state index < -0.39 is 0 Å². The zero-order valence-corrected chi connectivity index (χ0v) is 8.23. The van der Waals surface area contributed by atoms with Crippen LogP contribution in [0, 0.1) is 0 Å². The first-order chi connectivity index (χ1) is 1.00. The molecule has 0 aromatic heterocycles. The SMILES string of the molecule is [O]=[Mo].[Ti].[W]. The largest absolute Gasteiger partial charge is 0 e. The molecule has 0 aliphatic rings. The summed E-state index contributed by atoms with van der Waals surface area (Å²) in [5.74, 6) is 0. The van der Waals surface area contributed by atoms with Gasteiger partial charge in [0.2, 0.25) is 0 Å². The minimum atomic E-state index is 0. The second-order valence-electron chi connectivity index (χ2n) is 0. The molecule has 0 spiro atoms. The van der Waals surface area contributed by atoms with Gasteiger partial charge in [0, 0.05) is 42.8 Å². The van der Waals surface area contributed by atoms with E-state index in [1.807, 2.05) is 0 Å². The van der Waals surface area contributed by atoms with E-state index in [9.17, 15) is 0 Å². The van der Waals surface area contributed by atoms with Crippen LogP contribution in [0.15, 0.2) is 0 Å². The predicted molar refractivity (Wildman–Crippen MR) is 0.686 cm³/mol. The van der Waals surface area contributed by atoms with Crippen LogP contribution >= 0.6 is 0 Å². The fourth-order valence-corrected chi connectivity index (χ4v) is 0. The summed E-state index contributed by atoms with van der Waals surface area (Å²) >= 11 is 0.700. The molecule has 0 rings (SSSR count). The summed E-state index contributed by atoms with van der Waals surface area (Å²) in [6.45, 7) is 0. The smallest absolute Gasteiger partial charge is 0 e. The summed E-state index contributed by atoms with van der Waals surface area (Å²) in [4.78, 5) is 0. The fourth-order valence-electron chi connectivity index (χ4n) is 0. The summed E-state index contributed by atoms with van der Waals surface area (Å²) in [5.41, 5.74) is 0. The number of hydrogen-bond donors (Lipinski definition) is 0. The molecule has 0 fully saturated rings. The van der Waals surface area contributed by atoms with Crippen LogP contribution in [-0.2, 0) is 66.0 Å². The number of hydrogen-bond acceptors (Lipinski definition) is 1. The maximum absolute atomic E-state index is 8.26. The van der Waals surface area contributed by atoms with Crippen molar-refractivity contribution in [2.24, 2.45) is 0 Å². The molecule has 0 aromatic rings. The van der Waals surface area contributed by atoms with Crippen LogP contribution in [0.3, 0.4) is 0 Å². The molecular weight excluding hydrogens is 344 g/mol. The van der Waals surface area contributed by atoms with Gasteiger partial charge in [-0.2, -0.15) is 0 Å². The van der Waals surface area contributed by atoms with Crippen molar-refractivity contribution < 1.29 is 66.0 Å². The quantitative estimate of drug-likeness (QED) is 0.560. The van der Waals surface area contributed by atoms with E-state index in [0.29, 0.717) is 19.8 Å². The second-order valence-corrected chi connectivity index (χ2v) is 0. The van der Waals surface area contributed by atoms with Crippen molar-refractivity contribution in [3.63, 3.8) is 0 Å². The van der Waals surface area contributed by atoms with Crippen LogP contribution in [0.2, 0.25) is 0 Å². The van der Waals surface area contributed by atoms with Crippen molar-refractivity contribution in [3.05, 3.63) is 0 Å². The second kappa shape index (κ2) is 20.7. The van der Waals surface area contributed by atoms with Gasteiger partial charge in [0.1, 0.15) is 0 Å². The number of rotatable bonds is 0. The molecule has 4 heavy (non-hydrogen) atoms. The van der Waals surface area contributed by atoms with Crippen molar-refractivity contribution >= 4 is 0 Å². The molecule has 0 atom stereocenters. The Morgan fingerprint density at radius 3 is 1.25 bits per heavy atom. The Morgan fingerprint density at radius 2 is 1.25 bits per heavy atom. The Bertz CT molecular complexity index is 8.00. The topological polar surface area (TPSA) is 17.1 Å². The van der Waals surface area contributed by atoms with Gasteiger partial charge in [0.15, 0.2) is 0 Å². The van der Waals surface area contributed by atoms with Crippen LogP contribution in [0.5, 0.6) is 0 Å². The van der Waals surface area contributed by atoms with E-state index in [-0.39, 0.29) is 42.8 Å². The Labute approximate surface area is 65.3 Å². The molecule has 0 aliphatic carbocycles. The molecule has 0 N–H and O–H groups in total. The molecule has 22 valence electrons. The van der Waals surface area contributed by atoms with Gasteiger partial charge in [-0.15, -0.1) is 0 Å². The van der Waals surface area contributed by atoms with Gasteiger partial charge < -0.3 is 0 Å². The van der Waals surface area contributed by atoms with E-state index in [1.165, 1.54) is 0 Å². The Kier molecular flexibility index (Phi) is 87.3. The van der Waals surface area contributed by atoms with Crippen LogP contribution in [0.25, 0.3) is 0 Å². The summed E-state index contributed by atoms with van der Waals surface area (Å²) < 4.78 is 8.26. The summed E-state index contributed by atoms with van der Waals surface area (Å²) in [7, 11) is 0. The van der Waals surface area contributed by atoms with Gasteiger partial charge in [-0.25, -0.2) is 0 Å². The molecule has 0 heterocycles. The van der Waals surface area contributed by atoms with Crippen molar-refractivity contribution in [2.45, 2.75) is 0 Å². The summed E-state index contributed by atoms with van der Waals surface area (Å²) in [6, 6.07) is 0. The van der Waals surface area contributed by atoms with Gasteiger partial charge in [-0.3, -0.25) is 0 Å². The molecular formula is MoOTiW. The average Bonchev–Trinajstić information content (AvgIpc) is 1.00. The molecule has 0 unspecified atom stereocenters. The molecule has 0 aromatic carbocycles. The zero-order chi connectivity index (χ0) is 2.00. The first kappa shape index (κ1) is 16.9. The minimum Gasteiger partial charge on any atom is 0 e. The molecule has 4 heteroatoms. The third-order valence-corrected chi connectivity index (χ3v) is 0. The Morgan fingerprint density at radius 1 is 1.25 bits per heavy atom. The van der Waals surface area contributed by atoms with Crippen molar-refractivity contribution in [3.8, 4) is 0 Å². The Hall–Kier alpha value is 1.89. The zero-order valence-electron chi connectivity index (χ0n) is 1.72. The van der Waals surface area contributed by atoms with E-state index in [1.54, 1.807) is 0 Å². The van der Waals surface area contributed by atoms with Crippen molar-refractivity contribution in [1.29, 1.82) is 0 Å². The Balaban J connectivity index is -0.00000000500. The fraction of sp³-hybridized carbons (Fsp3) is 0. The van der Waals surface area contributed by atoms with E-state index >= 15 is 0 Å². The van der Waals surface area contributed by atoms with Gasteiger partial charge in [-0.1, -0.05) is 0 Å². The van der Waals surface area contributed by atoms with E-state index in [2.05, 4.69) is 0 Å². The van der Waals surface area contributed by atoms with Gasteiger partial charge in [0.05, 0.1) is 0 Å². The van der Waals surface area contributed by atoms with Crippen LogP contribution in [-0.4, -0.2) is 0 Å². The first-order valence-electron chi connectivity index (χ1n) is 0.167. The third kappa shape index (κ3) is 9.09. The summed E-state index contributed by atoms with van der Waals surface area (Å²) in [5, 5.41) is 0. The molecule has 0 saturated carbocycles. The average molecular weight is 344 g/mol. The van der Waals surface area contributed by atoms with E-state index in [0.717, 1.165) is 0 Å². The molecule has 0 aliphatic heterocycles. The molecule has 0 bridgehead atoms. The van der Waals surface area contributed by atoms with Crippen molar-refractivity contribution in [1.82, 2.24) is 0 Å². The molecule has 1 nitrogen and oxygen atoms in total. The summed E-state index contributed by atoms with van der Waals surface area (Å²) in [6.07, 6.45) is 0. The van der Waals surface area contributed by atoms with Crippen LogP contribution in [0.4, 0.5) is 0 Å². The predicted octanol–water partition coefficient (Wildman–Crippen LogP) is -0.126. The monoisotopic (exact) mass is 346 g/mol. The maximum Gasteiger partial charge on any atom is 0 e. The van der Waals surface area contributed by atoms with Crippen LogP contribution < -0.4 is 0 Å². The van der Waals surface area contributed by atoms with Gasteiger partial charge in [0.25, 0.3) is 0 Å². The van der Waals surface area contributed by atoms with Crippen molar-refractivity contribution in [2.75, 3.05) is 0 Å². The standard InChI is InChI=1S/Mo.O.Ti.W. The first-order valence-corrected chi connectivity index (χ1v) is 0.986. The molecule has 0 amide bonds. The van der Waals surface area contributed by atoms with Gasteiger partial charge in [-0.05, 0) is 0 Å². The normalized spacial score (nSPS) is 1.00. The minimum absolute atomic E-state index is 0. The molecule has 0 saturated heterocycles. The van der Waals surface area contributed by atoms with E-state index in [4.69, 9.17) is 3.40 Å². The maximum atomic E-state index is 8.26. The molecule has 0 radical (unpaired) electrons. The van der Waals surface area contributed by atoms with Crippen LogP contribution in [0.1, 0.15) is 0 Å².